The minimum atomic E-state index is -0.00526. The molecule has 1 aromatic carbocycles. The van der Waals surface area contributed by atoms with Crippen molar-refractivity contribution < 1.29 is 14.2 Å². The van der Waals surface area contributed by atoms with Gasteiger partial charge in [0.1, 0.15) is 11.9 Å². The fourth-order valence-corrected chi connectivity index (χ4v) is 3.07. The third-order valence-corrected chi connectivity index (χ3v) is 4.21. The van der Waals surface area contributed by atoms with E-state index < -0.39 is 0 Å². The summed E-state index contributed by atoms with van der Waals surface area (Å²) in [6.07, 6.45) is 4.48. The second-order valence-electron chi connectivity index (χ2n) is 6.23. The van der Waals surface area contributed by atoms with Gasteiger partial charge < -0.3 is 19.5 Å². The molecular formula is C18H25N3O3. The van der Waals surface area contributed by atoms with Crippen molar-refractivity contribution in [1.29, 1.82) is 0 Å². The van der Waals surface area contributed by atoms with Crippen LogP contribution in [0.3, 0.4) is 0 Å². The normalized spacial score (nSPS) is 21.6. The van der Waals surface area contributed by atoms with Crippen LogP contribution in [0.5, 0.6) is 11.5 Å². The van der Waals surface area contributed by atoms with Gasteiger partial charge in [-0.25, -0.2) is 0 Å². The molecular weight excluding hydrogens is 306 g/mol. The minimum absolute atomic E-state index is 0.00526. The summed E-state index contributed by atoms with van der Waals surface area (Å²) in [4.78, 5) is 0. The molecule has 0 amide bonds. The standard InChI is InChI=1S/C18H25N3O3/c1-13(8-14-6-4-5-7-17(14)22-3)20-16-11-23-12-18(16)24-15-9-19-21(2)10-15/h4-7,9-10,13,16,18,20H,8,11-12H2,1-3H3/t13?,16-,18+/m0/s1. The van der Waals surface area contributed by atoms with Gasteiger partial charge in [0, 0.05) is 13.1 Å². The number of aryl methyl sites for hydroxylation is 1. The number of rotatable bonds is 7. The van der Waals surface area contributed by atoms with Crippen molar-refractivity contribution in [3.63, 3.8) is 0 Å². The molecule has 0 saturated carbocycles. The molecule has 1 unspecified atom stereocenters. The van der Waals surface area contributed by atoms with E-state index in [-0.39, 0.29) is 18.2 Å². The Morgan fingerprint density at radius 3 is 2.96 bits per heavy atom. The minimum Gasteiger partial charge on any atom is -0.496 e. The van der Waals surface area contributed by atoms with Crippen molar-refractivity contribution in [2.45, 2.75) is 31.5 Å². The number of hydrogen-bond donors (Lipinski definition) is 1. The molecule has 6 nitrogen and oxygen atoms in total. The van der Waals surface area contributed by atoms with Crippen molar-refractivity contribution in [3.8, 4) is 11.5 Å². The van der Waals surface area contributed by atoms with E-state index >= 15 is 0 Å². The maximum Gasteiger partial charge on any atom is 0.157 e. The molecule has 0 bridgehead atoms. The summed E-state index contributed by atoms with van der Waals surface area (Å²) in [5.41, 5.74) is 1.20. The average molecular weight is 331 g/mol. The van der Waals surface area contributed by atoms with Gasteiger partial charge in [0.05, 0.1) is 38.8 Å². The lowest BCUT2D eigenvalue weighted by Gasteiger charge is -2.24. The molecule has 1 aromatic heterocycles. The first-order valence-electron chi connectivity index (χ1n) is 8.26. The van der Waals surface area contributed by atoms with Crippen LogP contribution in [0.25, 0.3) is 0 Å². The van der Waals surface area contributed by atoms with Gasteiger partial charge >= 0.3 is 0 Å². The molecule has 6 heteroatoms. The van der Waals surface area contributed by atoms with Gasteiger partial charge in [0.15, 0.2) is 5.75 Å². The lowest BCUT2D eigenvalue weighted by molar-refractivity contribution is 0.138. The Morgan fingerprint density at radius 1 is 1.38 bits per heavy atom. The Balaban J connectivity index is 1.57. The molecule has 3 atom stereocenters. The second kappa shape index (κ2) is 7.68. The summed E-state index contributed by atoms with van der Waals surface area (Å²) < 4.78 is 18.8. The van der Waals surface area contributed by atoms with E-state index in [2.05, 4.69) is 23.4 Å². The number of benzene rings is 1. The van der Waals surface area contributed by atoms with Gasteiger partial charge in [-0.2, -0.15) is 5.10 Å². The van der Waals surface area contributed by atoms with Gasteiger partial charge in [-0.05, 0) is 25.0 Å². The molecule has 1 saturated heterocycles. The van der Waals surface area contributed by atoms with Crippen LogP contribution in [0.15, 0.2) is 36.7 Å². The average Bonchev–Trinajstić information content (AvgIpc) is 3.17. The van der Waals surface area contributed by atoms with Crippen molar-refractivity contribution in [2.75, 3.05) is 20.3 Å². The van der Waals surface area contributed by atoms with Gasteiger partial charge in [-0.1, -0.05) is 18.2 Å². The topological polar surface area (TPSA) is 57.5 Å². The van der Waals surface area contributed by atoms with E-state index in [1.165, 1.54) is 5.56 Å². The summed E-state index contributed by atoms with van der Waals surface area (Å²) in [7, 11) is 3.59. The largest absolute Gasteiger partial charge is 0.496 e. The molecule has 1 aliphatic rings. The van der Waals surface area contributed by atoms with Crippen molar-refractivity contribution in [1.82, 2.24) is 15.1 Å². The fourth-order valence-electron chi connectivity index (χ4n) is 3.07. The monoisotopic (exact) mass is 331 g/mol. The first-order chi connectivity index (χ1) is 11.7. The highest BCUT2D eigenvalue weighted by atomic mass is 16.5. The van der Waals surface area contributed by atoms with E-state index in [1.54, 1.807) is 18.0 Å². The number of nitrogens with zero attached hydrogens (tertiary/aromatic N) is 2. The number of methoxy groups -OCH3 is 1. The fraction of sp³-hybridized carbons (Fsp3) is 0.500. The number of para-hydroxylation sites is 1. The lowest BCUT2D eigenvalue weighted by Crippen LogP contribution is -2.46. The van der Waals surface area contributed by atoms with E-state index in [1.807, 2.05) is 31.4 Å². The predicted octanol–water partition coefficient (Wildman–Crippen LogP) is 1.80. The van der Waals surface area contributed by atoms with Crippen LogP contribution < -0.4 is 14.8 Å². The van der Waals surface area contributed by atoms with Crippen LogP contribution in [0.4, 0.5) is 0 Å². The second-order valence-corrected chi connectivity index (χ2v) is 6.23. The molecule has 24 heavy (non-hydrogen) atoms. The third-order valence-electron chi connectivity index (χ3n) is 4.21. The molecule has 2 heterocycles. The van der Waals surface area contributed by atoms with Crippen LogP contribution in [-0.2, 0) is 18.2 Å². The molecule has 2 aromatic rings. The molecule has 130 valence electrons. The molecule has 0 aliphatic carbocycles. The molecule has 0 radical (unpaired) electrons. The Bertz CT molecular complexity index is 658. The Labute approximate surface area is 142 Å². The van der Waals surface area contributed by atoms with E-state index in [9.17, 15) is 0 Å². The van der Waals surface area contributed by atoms with Crippen LogP contribution in [-0.4, -0.2) is 48.3 Å². The SMILES string of the molecule is COc1ccccc1CC(C)N[C@H]1COC[C@H]1Oc1cnn(C)c1. The van der Waals surface area contributed by atoms with Gasteiger partial charge in [-0.3, -0.25) is 4.68 Å². The van der Waals surface area contributed by atoms with Crippen LogP contribution in [0, 0.1) is 0 Å². The van der Waals surface area contributed by atoms with E-state index in [0.29, 0.717) is 13.2 Å². The highest BCUT2D eigenvalue weighted by Gasteiger charge is 2.31. The predicted molar refractivity (Wildman–Crippen MR) is 91.5 cm³/mol. The molecule has 3 rings (SSSR count). The van der Waals surface area contributed by atoms with Crippen LogP contribution >= 0.6 is 0 Å². The van der Waals surface area contributed by atoms with Crippen molar-refractivity contribution in [2.24, 2.45) is 7.05 Å². The molecule has 1 fully saturated rings. The Morgan fingerprint density at radius 2 is 2.21 bits per heavy atom. The quantitative estimate of drug-likeness (QED) is 0.838. The number of ether oxygens (including phenoxy) is 3. The summed E-state index contributed by atoms with van der Waals surface area (Å²) in [6, 6.07) is 8.57. The maximum atomic E-state index is 6.01. The van der Waals surface area contributed by atoms with Crippen molar-refractivity contribution >= 4 is 0 Å². The molecule has 1 N–H and O–H groups in total. The van der Waals surface area contributed by atoms with Gasteiger partial charge in [0.2, 0.25) is 0 Å². The first-order valence-corrected chi connectivity index (χ1v) is 8.26. The highest BCUT2D eigenvalue weighted by molar-refractivity contribution is 5.33. The summed E-state index contributed by atoms with van der Waals surface area (Å²) in [5, 5.41) is 7.76. The number of hydrogen-bond acceptors (Lipinski definition) is 5. The number of nitrogens with one attached hydrogen (secondary N) is 1. The van der Waals surface area contributed by atoms with Gasteiger partial charge in [0.25, 0.3) is 0 Å². The summed E-state index contributed by atoms with van der Waals surface area (Å²) in [6.45, 7) is 3.42. The maximum absolute atomic E-state index is 6.01. The zero-order valence-corrected chi connectivity index (χ0v) is 14.4. The summed E-state index contributed by atoms with van der Waals surface area (Å²) in [5.74, 6) is 1.70. The smallest absolute Gasteiger partial charge is 0.157 e. The van der Waals surface area contributed by atoms with Crippen LogP contribution in [0.1, 0.15) is 12.5 Å². The Hall–Kier alpha value is -2.05. The zero-order chi connectivity index (χ0) is 16.9. The zero-order valence-electron chi connectivity index (χ0n) is 14.4. The lowest BCUT2D eigenvalue weighted by atomic mass is 10.0. The number of aromatic nitrogens is 2. The van der Waals surface area contributed by atoms with Crippen molar-refractivity contribution in [3.05, 3.63) is 42.2 Å². The third kappa shape index (κ3) is 4.07. The molecule has 0 spiro atoms. The first kappa shape index (κ1) is 16.8. The molecule has 1 aliphatic heterocycles. The van der Waals surface area contributed by atoms with E-state index in [4.69, 9.17) is 14.2 Å². The van der Waals surface area contributed by atoms with Gasteiger partial charge in [-0.15, -0.1) is 0 Å². The van der Waals surface area contributed by atoms with Crippen LogP contribution in [0.2, 0.25) is 0 Å². The highest BCUT2D eigenvalue weighted by Crippen LogP contribution is 2.20. The summed E-state index contributed by atoms with van der Waals surface area (Å²) >= 11 is 0. The Kier molecular flexibility index (Phi) is 5.37. The van der Waals surface area contributed by atoms with E-state index in [0.717, 1.165) is 17.9 Å².